The molecule has 28 heavy (non-hydrogen) atoms. The highest BCUT2D eigenvalue weighted by molar-refractivity contribution is 5.84. The summed E-state index contributed by atoms with van der Waals surface area (Å²) < 4.78 is 12.6. The monoisotopic (exact) mass is 372 g/mol. The molecule has 0 amide bonds. The molecule has 0 radical (unpaired) electrons. The maximum atomic E-state index is 11.7. The molecule has 0 saturated carbocycles. The Morgan fingerprint density at radius 2 is 1.64 bits per heavy atom. The summed E-state index contributed by atoms with van der Waals surface area (Å²) in [7, 11) is 1.35. The number of methoxy groups -OCH3 is 1. The largest absolute Gasteiger partial charge is 0.479 e. The Balaban J connectivity index is 1.87. The van der Waals surface area contributed by atoms with E-state index in [1.54, 1.807) is 6.92 Å². The first-order valence-electron chi connectivity index (χ1n) is 9.05. The summed E-state index contributed by atoms with van der Waals surface area (Å²) in [6.45, 7) is 1.67. The van der Waals surface area contributed by atoms with E-state index in [4.69, 9.17) is 14.5 Å². The smallest absolute Gasteiger partial charge is 0.346 e. The highest BCUT2D eigenvalue weighted by Crippen LogP contribution is 2.31. The summed E-state index contributed by atoms with van der Waals surface area (Å²) >= 11 is 0. The van der Waals surface area contributed by atoms with Crippen LogP contribution in [0.15, 0.2) is 78.9 Å². The molecule has 3 aromatic carbocycles. The molecule has 0 aliphatic carbocycles. The molecule has 4 rings (SSSR count). The fourth-order valence-electron chi connectivity index (χ4n) is 3.17. The molecule has 5 heteroatoms. The average Bonchev–Trinajstić information content (AvgIpc) is 3.13. The van der Waals surface area contributed by atoms with E-state index in [9.17, 15) is 4.79 Å². The number of hydrogen-bond donors (Lipinski definition) is 0. The van der Waals surface area contributed by atoms with Gasteiger partial charge in [-0.25, -0.2) is 9.78 Å². The molecule has 0 bridgehead atoms. The lowest BCUT2D eigenvalue weighted by molar-refractivity contribution is -0.147. The van der Waals surface area contributed by atoms with Crippen LogP contribution in [0.25, 0.3) is 28.1 Å². The lowest BCUT2D eigenvalue weighted by Crippen LogP contribution is -2.24. The van der Waals surface area contributed by atoms with Crippen molar-refractivity contribution in [2.75, 3.05) is 7.11 Å². The van der Waals surface area contributed by atoms with Gasteiger partial charge in [0.25, 0.3) is 0 Å². The van der Waals surface area contributed by atoms with Crippen LogP contribution >= 0.6 is 0 Å². The standard InChI is InChI=1S/C23H20N2O3/c1-16(23(26)27-2)28-19-13-14-20-21(15-19)25(18-11-7-4-8-12-18)22(24-20)17-9-5-3-6-10-17/h3-16H,1-2H3. The zero-order chi connectivity index (χ0) is 19.5. The number of rotatable bonds is 5. The van der Waals surface area contributed by atoms with Crippen molar-refractivity contribution in [2.45, 2.75) is 13.0 Å². The van der Waals surface area contributed by atoms with Gasteiger partial charge in [-0.05, 0) is 31.2 Å². The summed E-state index contributed by atoms with van der Waals surface area (Å²) in [6, 6.07) is 25.7. The summed E-state index contributed by atoms with van der Waals surface area (Å²) in [5.41, 5.74) is 3.77. The van der Waals surface area contributed by atoms with E-state index in [2.05, 4.69) is 4.57 Å². The molecule has 0 N–H and O–H groups in total. The normalized spacial score (nSPS) is 11.9. The quantitative estimate of drug-likeness (QED) is 0.479. The molecular formula is C23H20N2O3. The van der Waals surface area contributed by atoms with Gasteiger partial charge >= 0.3 is 5.97 Å². The molecule has 0 saturated heterocycles. The van der Waals surface area contributed by atoms with E-state index in [0.717, 1.165) is 28.1 Å². The third-order valence-electron chi connectivity index (χ3n) is 4.52. The molecular weight excluding hydrogens is 352 g/mol. The number of imidazole rings is 1. The Labute approximate surface area is 163 Å². The van der Waals surface area contributed by atoms with Crippen molar-refractivity contribution in [1.29, 1.82) is 0 Å². The Kier molecular flexibility index (Phi) is 4.81. The molecule has 5 nitrogen and oxygen atoms in total. The van der Waals surface area contributed by atoms with Crippen molar-refractivity contribution in [3.05, 3.63) is 78.9 Å². The van der Waals surface area contributed by atoms with Crippen LogP contribution in [0.2, 0.25) is 0 Å². The fourth-order valence-corrected chi connectivity index (χ4v) is 3.17. The zero-order valence-corrected chi connectivity index (χ0v) is 15.7. The minimum Gasteiger partial charge on any atom is -0.479 e. The van der Waals surface area contributed by atoms with Gasteiger partial charge in [0.2, 0.25) is 0 Å². The topological polar surface area (TPSA) is 53.4 Å². The third kappa shape index (κ3) is 3.34. The van der Waals surface area contributed by atoms with Gasteiger partial charge in [-0.2, -0.15) is 0 Å². The van der Waals surface area contributed by atoms with Crippen LogP contribution in [0.5, 0.6) is 5.75 Å². The Morgan fingerprint density at radius 1 is 0.964 bits per heavy atom. The van der Waals surface area contributed by atoms with Crippen LogP contribution in [-0.2, 0) is 9.53 Å². The number of fused-ring (bicyclic) bond motifs is 1. The number of ether oxygens (including phenoxy) is 2. The highest BCUT2D eigenvalue weighted by atomic mass is 16.6. The van der Waals surface area contributed by atoms with E-state index in [1.807, 2.05) is 78.9 Å². The van der Waals surface area contributed by atoms with Crippen molar-refractivity contribution in [2.24, 2.45) is 0 Å². The molecule has 1 heterocycles. The van der Waals surface area contributed by atoms with Gasteiger partial charge < -0.3 is 9.47 Å². The summed E-state index contributed by atoms with van der Waals surface area (Å²) in [5.74, 6) is 1.02. The van der Waals surface area contributed by atoms with Crippen LogP contribution < -0.4 is 4.74 Å². The number of hydrogen-bond acceptors (Lipinski definition) is 4. The number of carbonyl (C=O) groups excluding carboxylic acids is 1. The fraction of sp³-hybridized carbons (Fsp3) is 0.130. The first-order valence-corrected chi connectivity index (χ1v) is 9.05. The number of aromatic nitrogens is 2. The Morgan fingerprint density at radius 3 is 2.32 bits per heavy atom. The van der Waals surface area contributed by atoms with Gasteiger partial charge in [-0.1, -0.05) is 48.5 Å². The summed E-state index contributed by atoms with van der Waals surface area (Å²) in [5, 5.41) is 0. The third-order valence-corrected chi connectivity index (χ3v) is 4.52. The second-order valence-electron chi connectivity index (χ2n) is 6.41. The van der Waals surface area contributed by atoms with Gasteiger partial charge in [0.15, 0.2) is 6.10 Å². The van der Waals surface area contributed by atoms with Crippen LogP contribution in [0.4, 0.5) is 0 Å². The first kappa shape index (κ1) is 17.8. The lowest BCUT2D eigenvalue weighted by atomic mass is 10.2. The van der Waals surface area contributed by atoms with Gasteiger partial charge in [-0.3, -0.25) is 4.57 Å². The highest BCUT2D eigenvalue weighted by Gasteiger charge is 2.18. The van der Waals surface area contributed by atoms with Crippen molar-refractivity contribution >= 4 is 17.0 Å². The number of esters is 1. The van der Waals surface area contributed by atoms with Crippen LogP contribution in [0, 0.1) is 0 Å². The minimum atomic E-state index is -0.691. The first-order chi connectivity index (χ1) is 13.7. The van der Waals surface area contributed by atoms with Crippen molar-refractivity contribution in [3.8, 4) is 22.8 Å². The lowest BCUT2D eigenvalue weighted by Gasteiger charge is -2.13. The molecule has 0 aliphatic heterocycles. The minimum absolute atomic E-state index is 0.415. The number of carbonyl (C=O) groups is 1. The number of benzene rings is 3. The van der Waals surface area contributed by atoms with Gasteiger partial charge in [0.05, 0.1) is 18.1 Å². The van der Waals surface area contributed by atoms with Crippen LogP contribution in [-0.4, -0.2) is 28.7 Å². The second-order valence-corrected chi connectivity index (χ2v) is 6.41. The zero-order valence-electron chi connectivity index (χ0n) is 15.7. The summed E-state index contributed by atoms with van der Waals surface area (Å²) in [4.78, 5) is 16.5. The van der Waals surface area contributed by atoms with Gasteiger partial charge in [-0.15, -0.1) is 0 Å². The van der Waals surface area contributed by atoms with E-state index < -0.39 is 12.1 Å². The van der Waals surface area contributed by atoms with Crippen molar-refractivity contribution in [1.82, 2.24) is 9.55 Å². The van der Waals surface area contributed by atoms with E-state index in [0.29, 0.717) is 5.75 Å². The van der Waals surface area contributed by atoms with Crippen LogP contribution in [0.3, 0.4) is 0 Å². The molecule has 1 atom stereocenters. The predicted octanol–water partition coefficient (Wildman–Crippen LogP) is 4.63. The number of nitrogens with zero attached hydrogens (tertiary/aromatic N) is 2. The molecule has 1 unspecified atom stereocenters. The second kappa shape index (κ2) is 7.56. The Bertz CT molecular complexity index is 1100. The number of para-hydroxylation sites is 1. The maximum Gasteiger partial charge on any atom is 0.346 e. The molecule has 0 aliphatic rings. The van der Waals surface area contributed by atoms with Crippen molar-refractivity contribution in [3.63, 3.8) is 0 Å². The van der Waals surface area contributed by atoms with Gasteiger partial charge in [0.1, 0.15) is 11.6 Å². The predicted molar refractivity (Wildman–Crippen MR) is 109 cm³/mol. The molecule has 0 spiro atoms. The molecule has 0 fully saturated rings. The van der Waals surface area contributed by atoms with E-state index in [-0.39, 0.29) is 0 Å². The molecule has 1 aromatic heterocycles. The van der Waals surface area contributed by atoms with E-state index >= 15 is 0 Å². The van der Waals surface area contributed by atoms with Gasteiger partial charge in [0, 0.05) is 17.3 Å². The molecule has 140 valence electrons. The van der Waals surface area contributed by atoms with Crippen LogP contribution in [0.1, 0.15) is 6.92 Å². The maximum absolute atomic E-state index is 11.7. The van der Waals surface area contributed by atoms with E-state index in [1.165, 1.54) is 7.11 Å². The SMILES string of the molecule is COC(=O)C(C)Oc1ccc2nc(-c3ccccc3)n(-c3ccccc3)c2c1. The Hall–Kier alpha value is -3.60. The average molecular weight is 372 g/mol. The molecule has 4 aromatic rings. The van der Waals surface area contributed by atoms with Crippen molar-refractivity contribution < 1.29 is 14.3 Å². The summed E-state index contributed by atoms with van der Waals surface area (Å²) in [6.07, 6.45) is -0.691.